The van der Waals surface area contributed by atoms with Crippen LogP contribution in [0.25, 0.3) is 0 Å². The first-order chi connectivity index (χ1) is 9.22. The van der Waals surface area contributed by atoms with Gasteiger partial charge in [-0.15, -0.1) is 0 Å². The first-order valence-electron chi connectivity index (χ1n) is 6.84. The first kappa shape index (κ1) is 13.9. The quantitative estimate of drug-likeness (QED) is 0.825. The number of carbonyl (C=O) groups excluding carboxylic acids is 1. The topological polar surface area (TPSA) is 41.6 Å². The molecule has 1 atom stereocenters. The van der Waals surface area contributed by atoms with Gasteiger partial charge in [-0.05, 0) is 37.9 Å². The SMILES string of the molecule is COC(=O)c1ccccc1N(C)CCC1CCCN1. The fourth-order valence-electron chi connectivity index (χ4n) is 2.56. The van der Waals surface area contributed by atoms with E-state index in [2.05, 4.69) is 10.2 Å². The van der Waals surface area contributed by atoms with Crippen LogP contribution in [0.3, 0.4) is 0 Å². The van der Waals surface area contributed by atoms with E-state index < -0.39 is 0 Å². The van der Waals surface area contributed by atoms with Crippen LogP contribution in [-0.4, -0.2) is 39.3 Å². The minimum Gasteiger partial charge on any atom is -0.465 e. The van der Waals surface area contributed by atoms with Crippen LogP contribution >= 0.6 is 0 Å². The molecule has 1 aliphatic heterocycles. The van der Waals surface area contributed by atoms with Gasteiger partial charge in [0.05, 0.1) is 18.4 Å². The van der Waals surface area contributed by atoms with E-state index in [1.54, 1.807) is 0 Å². The number of rotatable bonds is 5. The summed E-state index contributed by atoms with van der Waals surface area (Å²) in [6, 6.07) is 8.21. The Bertz CT molecular complexity index is 428. The number of methoxy groups -OCH3 is 1. The molecule has 0 saturated carbocycles. The molecule has 1 aliphatic rings. The van der Waals surface area contributed by atoms with Crippen LogP contribution in [0.1, 0.15) is 29.6 Å². The van der Waals surface area contributed by atoms with Crippen molar-refractivity contribution in [2.75, 3.05) is 32.1 Å². The Morgan fingerprint density at radius 3 is 2.95 bits per heavy atom. The van der Waals surface area contributed by atoms with Crippen molar-refractivity contribution >= 4 is 11.7 Å². The predicted molar refractivity (Wildman–Crippen MR) is 76.7 cm³/mol. The van der Waals surface area contributed by atoms with Crippen LogP contribution in [-0.2, 0) is 4.74 Å². The van der Waals surface area contributed by atoms with Gasteiger partial charge in [0.25, 0.3) is 0 Å². The second-order valence-corrected chi connectivity index (χ2v) is 5.01. The Hall–Kier alpha value is -1.55. The molecule has 2 rings (SSSR count). The van der Waals surface area contributed by atoms with Gasteiger partial charge in [-0.1, -0.05) is 12.1 Å². The zero-order chi connectivity index (χ0) is 13.7. The summed E-state index contributed by atoms with van der Waals surface area (Å²) in [6.45, 7) is 2.07. The Labute approximate surface area is 114 Å². The number of nitrogens with zero attached hydrogens (tertiary/aromatic N) is 1. The standard InChI is InChI=1S/C15H22N2O2/c1-17(11-9-12-6-5-10-16-12)14-8-4-3-7-13(14)15(18)19-2/h3-4,7-8,12,16H,5-6,9-11H2,1-2H3. The molecule has 1 heterocycles. The average molecular weight is 262 g/mol. The normalized spacial score (nSPS) is 18.3. The molecule has 0 amide bonds. The molecule has 0 radical (unpaired) electrons. The molecular formula is C15H22N2O2. The molecule has 0 aromatic heterocycles. The largest absolute Gasteiger partial charge is 0.465 e. The molecule has 1 aromatic carbocycles. The van der Waals surface area contributed by atoms with E-state index in [4.69, 9.17) is 4.74 Å². The van der Waals surface area contributed by atoms with E-state index in [0.717, 1.165) is 25.2 Å². The molecule has 0 aliphatic carbocycles. The third-order valence-electron chi connectivity index (χ3n) is 3.70. The second kappa shape index (κ2) is 6.57. The molecule has 104 valence electrons. The van der Waals surface area contributed by atoms with Gasteiger partial charge in [0.2, 0.25) is 0 Å². The fourth-order valence-corrected chi connectivity index (χ4v) is 2.56. The summed E-state index contributed by atoms with van der Waals surface area (Å²) in [5, 5.41) is 3.49. The Morgan fingerprint density at radius 2 is 2.26 bits per heavy atom. The number of carbonyl (C=O) groups is 1. The third-order valence-corrected chi connectivity index (χ3v) is 3.70. The molecule has 4 nitrogen and oxygen atoms in total. The van der Waals surface area contributed by atoms with Crippen molar-refractivity contribution in [3.63, 3.8) is 0 Å². The summed E-state index contributed by atoms with van der Waals surface area (Å²) in [5.41, 5.74) is 1.57. The maximum absolute atomic E-state index is 11.7. The first-order valence-corrected chi connectivity index (χ1v) is 6.84. The van der Waals surface area contributed by atoms with E-state index in [-0.39, 0.29) is 5.97 Å². The Kier molecular flexibility index (Phi) is 4.80. The zero-order valence-corrected chi connectivity index (χ0v) is 11.7. The van der Waals surface area contributed by atoms with Crippen molar-refractivity contribution in [2.24, 2.45) is 0 Å². The van der Waals surface area contributed by atoms with E-state index >= 15 is 0 Å². The molecule has 1 saturated heterocycles. The lowest BCUT2D eigenvalue weighted by atomic mass is 10.1. The van der Waals surface area contributed by atoms with Crippen molar-refractivity contribution in [1.82, 2.24) is 5.32 Å². The fraction of sp³-hybridized carbons (Fsp3) is 0.533. The van der Waals surface area contributed by atoms with Gasteiger partial charge >= 0.3 is 5.97 Å². The molecule has 0 spiro atoms. The summed E-state index contributed by atoms with van der Waals surface area (Å²) in [4.78, 5) is 13.9. The smallest absolute Gasteiger partial charge is 0.339 e. The van der Waals surface area contributed by atoms with Crippen molar-refractivity contribution in [2.45, 2.75) is 25.3 Å². The average Bonchev–Trinajstić information content (AvgIpc) is 2.97. The van der Waals surface area contributed by atoms with E-state index in [9.17, 15) is 4.79 Å². The number of hydrogen-bond donors (Lipinski definition) is 1. The van der Waals surface area contributed by atoms with Gasteiger partial charge in [0.1, 0.15) is 0 Å². The van der Waals surface area contributed by atoms with Crippen molar-refractivity contribution in [3.8, 4) is 0 Å². The van der Waals surface area contributed by atoms with Crippen molar-refractivity contribution < 1.29 is 9.53 Å². The monoisotopic (exact) mass is 262 g/mol. The number of anilines is 1. The van der Waals surface area contributed by atoms with Gasteiger partial charge in [0.15, 0.2) is 0 Å². The minimum atomic E-state index is -0.276. The number of nitrogens with one attached hydrogen (secondary N) is 1. The molecular weight excluding hydrogens is 240 g/mol. The maximum atomic E-state index is 11.7. The van der Waals surface area contributed by atoms with Gasteiger partial charge in [-0.25, -0.2) is 4.79 Å². The van der Waals surface area contributed by atoms with E-state index in [1.807, 2.05) is 31.3 Å². The van der Waals surface area contributed by atoms with Crippen LogP contribution in [0, 0.1) is 0 Å². The highest BCUT2D eigenvalue weighted by Gasteiger charge is 2.17. The summed E-state index contributed by atoms with van der Waals surface area (Å²) in [6.07, 6.45) is 3.63. The minimum absolute atomic E-state index is 0.276. The summed E-state index contributed by atoms with van der Waals surface area (Å²) in [5.74, 6) is -0.276. The van der Waals surface area contributed by atoms with Gasteiger partial charge in [-0.3, -0.25) is 0 Å². The number of benzene rings is 1. The lowest BCUT2D eigenvalue weighted by Gasteiger charge is -2.23. The second-order valence-electron chi connectivity index (χ2n) is 5.01. The highest BCUT2D eigenvalue weighted by atomic mass is 16.5. The highest BCUT2D eigenvalue weighted by molar-refractivity contribution is 5.95. The maximum Gasteiger partial charge on any atom is 0.339 e. The Balaban J connectivity index is 2.01. The van der Waals surface area contributed by atoms with Crippen LogP contribution in [0.2, 0.25) is 0 Å². The summed E-state index contributed by atoms with van der Waals surface area (Å²) < 4.78 is 4.83. The van der Waals surface area contributed by atoms with E-state index in [0.29, 0.717) is 11.6 Å². The van der Waals surface area contributed by atoms with Gasteiger partial charge < -0.3 is 15.0 Å². The molecule has 4 heteroatoms. The molecule has 1 unspecified atom stereocenters. The molecule has 1 aromatic rings. The number of ether oxygens (including phenoxy) is 1. The molecule has 0 bridgehead atoms. The van der Waals surface area contributed by atoms with Crippen LogP contribution in [0.5, 0.6) is 0 Å². The van der Waals surface area contributed by atoms with Gasteiger partial charge in [0, 0.05) is 19.6 Å². The van der Waals surface area contributed by atoms with Crippen LogP contribution in [0.4, 0.5) is 5.69 Å². The number of hydrogen-bond acceptors (Lipinski definition) is 4. The van der Waals surface area contributed by atoms with Crippen molar-refractivity contribution in [3.05, 3.63) is 29.8 Å². The molecule has 1 N–H and O–H groups in total. The molecule has 1 fully saturated rings. The zero-order valence-electron chi connectivity index (χ0n) is 11.7. The van der Waals surface area contributed by atoms with E-state index in [1.165, 1.54) is 20.0 Å². The van der Waals surface area contributed by atoms with Crippen LogP contribution < -0.4 is 10.2 Å². The van der Waals surface area contributed by atoms with Gasteiger partial charge in [-0.2, -0.15) is 0 Å². The Morgan fingerprint density at radius 1 is 1.47 bits per heavy atom. The lowest BCUT2D eigenvalue weighted by Crippen LogP contribution is -2.29. The van der Waals surface area contributed by atoms with Crippen molar-refractivity contribution in [1.29, 1.82) is 0 Å². The van der Waals surface area contributed by atoms with Crippen LogP contribution in [0.15, 0.2) is 24.3 Å². The highest BCUT2D eigenvalue weighted by Crippen LogP contribution is 2.21. The third kappa shape index (κ3) is 3.47. The summed E-state index contributed by atoms with van der Waals surface area (Å²) >= 11 is 0. The number of esters is 1. The number of para-hydroxylation sites is 1. The summed E-state index contributed by atoms with van der Waals surface area (Å²) in [7, 11) is 3.44. The predicted octanol–water partition coefficient (Wildman–Crippen LogP) is 2.05. The lowest BCUT2D eigenvalue weighted by molar-refractivity contribution is 0.0601. The molecule has 19 heavy (non-hydrogen) atoms.